The molecule has 1 aromatic carbocycles. The number of thioether (sulfide) groups is 2. The van der Waals surface area contributed by atoms with Crippen molar-refractivity contribution in [3.63, 3.8) is 0 Å². The van der Waals surface area contributed by atoms with Crippen molar-refractivity contribution in [1.82, 2.24) is 15.1 Å². The molecule has 0 bridgehead atoms. The number of carbonyl (C=O) groups excluding carboxylic acids is 4. The van der Waals surface area contributed by atoms with E-state index in [1.54, 1.807) is 40.9 Å². The molecule has 1 aromatic rings. The van der Waals surface area contributed by atoms with Crippen LogP contribution in [0.1, 0.15) is 25.3 Å². The molecule has 4 aliphatic rings. The van der Waals surface area contributed by atoms with Crippen LogP contribution >= 0.6 is 23.5 Å². The third kappa shape index (κ3) is 3.62. The number of benzene rings is 1. The van der Waals surface area contributed by atoms with Crippen molar-refractivity contribution in [3.8, 4) is 11.5 Å². The zero-order valence-corrected chi connectivity index (χ0v) is 18.9. The summed E-state index contributed by atoms with van der Waals surface area (Å²) in [6.07, 6.45) is 2.84. The van der Waals surface area contributed by atoms with Gasteiger partial charge in [-0.15, -0.1) is 11.8 Å². The van der Waals surface area contributed by atoms with Gasteiger partial charge < -0.3 is 19.7 Å². The number of imide groups is 1. The quantitative estimate of drug-likeness (QED) is 0.645. The summed E-state index contributed by atoms with van der Waals surface area (Å²) in [5.74, 6) is 1.14. The van der Waals surface area contributed by atoms with E-state index in [1.165, 1.54) is 0 Å². The molecule has 3 fully saturated rings. The highest BCUT2D eigenvalue weighted by Gasteiger charge is 2.52. The first kappa shape index (κ1) is 21.2. The molecule has 9 nitrogen and oxygen atoms in total. The van der Waals surface area contributed by atoms with E-state index < -0.39 is 11.9 Å². The molecular weight excluding hydrogens is 454 g/mol. The molecule has 32 heavy (non-hydrogen) atoms. The predicted molar refractivity (Wildman–Crippen MR) is 119 cm³/mol. The minimum Gasteiger partial charge on any atom is -0.454 e. The first-order valence-corrected chi connectivity index (χ1v) is 12.0. The Morgan fingerprint density at radius 1 is 1.28 bits per heavy atom. The zero-order chi connectivity index (χ0) is 22.5. The highest BCUT2D eigenvalue weighted by atomic mass is 32.2. The molecule has 4 heterocycles. The predicted octanol–water partition coefficient (Wildman–Crippen LogP) is 2.02. The molecule has 4 aliphatic heterocycles. The molecule has 0 unspecified atom stereocenters. The van der Waals surface area contributed by atoms with Crippen LogP contribution in [0, 0.1) is 0 Å². The SMILES string of the molecule is C[C@@]12CCC(=O)N1[C@@H](C(=O)NCCN1C(=O)S/C(=C/c3ccc4c(c3)OCO4)C1=O)CS2. The molecule has 2 atom stereocenters. The number of nitrogens with zero attached hydrogens (tertiary/aromatic N) is 2. The zero-order valence-electron chi connectivity index (χ0n) is 17.3. The molecule has 0 spiro atoms. The van der Waals surface area contributed by atoms with Crippen molar-refractivity contribution >= 4 is 52.6 Å². The van der Waals surface area contributed by atoms with Crippen LogP contribution in [-0.2, 0) is 14.4 Å². The Labute approximate surface area is 192 Å². The summed E-state index contributed by atoms with van der Waals surface area (Å²) in [5.41, 5.74) is 0.727. The lowest BCUT2D eigenvalue weighted by molar-refractivity contribution is -0.137. The molecule has 3 saturated heterocycles. The van der Waals surface area contributed by atoms with E-state index in [1.807, 2.05) is 6.92 Å². The molecule has 168 valence electrons. The largest absolute Gasteiger partial charge is 0.454 e. The first-order valence-electron chi connectivity index (χ1n) is 10.2. The standard InChI is InChI=1S/C21H21N3O6S2/c1-21-5-4-17(25)24(21)13(10-31-21)18(26)22-6-7-23-19(27)16(32-20(23)28)9-12-2-3-14-15(8-12)30-11-29-14/h2-3,8-9,13H,4-7,10-11H2,1H3,(H,22,26)/b16-9+/t13-,21-/m1/s1. The van der Waals surface area contributed by atoms with Gasteiger partial charge in [0.05, 0.1) is 9.78 Å². The van der Waals surface area contributed by atoms with E-state index in [4.69, 9.17) is 9.47 Å². The second-order valence-corrected chi connectivity index (χ2v) is 10.5. The van der Waals surface area contributed by atoms with Gasteiger partial charge in [0, 0.05) is 25.3 Å². The summed E-state index contributed by atoms with van der Waals surface area (Å²) in [4.78, 5) is 52.7. The Kier molecular flexibility index (Phi) is 5.32. The molecule has 4 amide bonds. The number of nitrogens with one attached hydrogen (secondary N) is 1. The van der Waals surface area contributed by atoms with E-state index in [-0.39, 0.29) is 41.8 Å². The van der Waals surface area contributed by atoms with Gasteiger partial charge in [-0.1, -0.05) is 6.07 Å². The van der Waals surface area contributed by atoms with Crippen molar-refractivity contribution in [1.29, 1.82) is 0 Å². The smallest absolute Gasteiger partial charge is 0.293 e. The average molecular weight is 476 g/mol. The lowest BCUT2D eigenvalue weighted by Crippen LogP contribution is -2.51. The summed E-state index contributed by atoms with van der Waals surface area (Å²) in [6, 6.07) is 4.78. The van der Waals surface area contributed by atoms with Crippen LogP contribution in [0.5, 0.6) is 11.5 Å². The second-order valence-electron chi connectivity index (χ2n) is 8.00. The Morgan fingerprint density at radius 2 is 2.09 bits per heavy atom. The first-order chi connectivity index (χ1) is 15.4. The van der Waals surface area contributed by atoms with Crippen molar-refractivity contribution in [2.45, 2.75) is 30.7 Å². The normalized spacial score (nSPS) is 27.6. The van der Waals surface area contributed by atoms with Crippen LogP contribution in [-0.4, -0.2) is 69.3 Å². The number of amides is 4. The Balaban J connectivity index is 1.18. The van der Waals surface area contributed by atoms with E-state index >= 15 is 0 Å². The van der Waals surface area contributed by atoms with Crippen LogP contribution in [0.2, 0.25) is 0 Å². The van der Waals surface area contributed by atoms with Gasteiger partial charge >= 0.3 is 0 Å². The van der Waals surface area contributed by atoms with Crippen LogP contribution in [0.25, 0.3) is 6.08 Å². The second kappa shape index (κ2) is 8.04. The lowest BCUT2D eigenvalue weighted by atomic mass is 10.2. The Morgan fingerprint density at radius 3 is 2.94 bits per heavy atom. The van der Waals surface area contributed by atoms with Crippen molar-refractivity contribution < 1.29 is 28.7 Å². The molecular formula is C21H21N3O6S2. The van der Waals surface area contributed by atoms with Crippen molar-refractivity contribution in [3.05, 3.63) is 28.7 Å². The van der Waals surface area contributed by atoms with Crippen LogP contribution in [0.15, 0.2) is 23.1 Å². The monoisotopic (exact) mass is 475 g/mol. The molecule has 1 N–H and O–H groups in total. The van der Waals surface area contributed by atoms with Gasteiger partial charge in [0.25, 0.3) is 11.1 Å². The maximum atomic E-state index is 12.7. The van der Waals surface area contributed by atoms with E-state index in [0.29, 0.717) is 28.6 Å². The average Bonchev–Trinajstić information content (AvgIpc) is 3.49. The van der Waals surface area contributed by atoms with Gasteiger partial charge in [-0.25, -0.2) is 0 Å². The fraction of sp³-hybridized carbons (Fsp3) is 0.429. The van der Waals surface area contributed by atoms with Gasteiger partial charge in [0.2, 0.25) is 18.6 Å². The van der Waals surface area contributed by atoms with Crippen LogP contribution in [0.4, 0.5) is 4.79 Å². The molecule has 0 aliphatic carbocycles. The summed E-state index contributed by atoms with van der Waals surface area (Å²) in [6.45, 7) is 2.35. The van der Waals surface area contributed by atoms with E-state index in [0.717, 1.165) is 28.6 Å². The van der Waals surface area contributed by atoms with Gasteiger partial charge in [-0.2, -0.15) is 0 Å². The molecule has 0 aromatic heterocycles. The van der Waals surface area contributed by atoms with Crippen molar-refractivity contribution in [2.75, 3.05) is 25.6 Å². The van der Waals surface area contributed by atoms with E-state index in [9.17, 15) is 19.2 Å². The minimum atomic E-state index is -0.513. The van der Waals surface area contributed by atoms with Gasteiger partial charge in [0.15, 0.2) is 11.5 Å². The van der Waals surface area contributed by atoms with Gasteiger partial charge in [-0.05, 0) is 48.9 Å². The van der Waals surface area contributed by atoms with Gasteiger partial charge in [0.1, 0.15) is 6.04 Å². The van der Waals surface area contributed by atoms with Crippen LogP contribution < -0.4 is 14.8 Å². The maximum absolute atomic E-state index is 12.7. The highest BCUT2D eigenvalue weighted by Crippen LogP contribution is 2.47. The fourth-order valence-electron chi connectivity index (χ4n) is 4.27. The Bertz CT molecular complexity index is 1060. The lowest BCUT2D eigenvalue weighted by Gasteiger charge is -2.29. The number of hydrogen-bond donors (Lipinski definition) is 1. The Hall–Kier alpha value is -2.66. The number of ether oxygens (including phenoxy) is 2. The van der Waals surface area contributed by atoms with Gasteiger partial charge in [-0.3, -0.25) is 24.1 Å². The molecule has 5 rings (SSSR count). The minimum absolute atomic E-state index is 0.00255. The number of carbonyl (C=O) groups is 4. The number of hydrogen-bond acceptors (Lipinski definition) is 8. The van der Waals surface area contributed by atoms with E-state index in [2.05, 4.69) is 5.32 Å². The third-order valence-electron chi connectivity index (χ3n) is 5.95. The van der Waals surface area contributed by atoms with Crippen LogP contribution in [0.3, 0.4) is 0 Å². The topological polar surface area (TPSA) is 105 Å². The number of fused-ring (bicyclic) bond motifs is 2. The van der Waals surface area contributed by atoms with Crippen molar-refractivity contribution in [2.24, 2.45) is 0 Å². The molecule has 0 radical (unpaired) electrons. The third-order valence-corrected chi connectivity index (χ3v) is 8.36. The maximum Gasteiger partial charge on any atom is 0.293 e. The fourth-order valence-corrected chi connectivity index (χ4v) is 6.57. The summed E-state index contributed by atoms with van der Waals surface area (Å²) in [5, 5.41) is 2.40. The summed E-state index contributed by atoms with van der Waals surface area (Å²) in [7, 11) is 0. The molecule has 0 saturated carbocycles. The summed E-state index contributed by atoms with van der Waals surface area (Å²) < 4.78 is 10.6. The number of rotatable bonds is 5. The molecule has 11 heteroatoms. The summed E-state index contributed by atoms with van der Waals surface area (Å²) >= 11 is 2.49. The highest BCUT2D eigenvalue weighted by molar-refractivity contribution is 8.18.